The Bertz CT molecular complexity index is 1540. The Labute approximate surface area is 221 Å². The van der Waals surface area contributed by atoms with E-state index in [1.807, 2.05) is 77.3 Å². The highest BCUT2D eigenvalue weighted by atomic mass is 32.2. The molecule has 0 amide bonds. The zero-order valence-electron chi connectivity index (χ0n) is 20.5. The Morgan fingerprint density at radius 1 is 1.08 bits per heavy atom. The van der Waals surface area contributed by atoms with Crippen molar-refractivity contribution in [1.29, 1.82) is 0 Å². The van der Waals surface area contributed by atoms with E-state index in [4.69, 9.17) is 17.0 Å². The molecular formula is C26H26N6O3S2. The molecule has 37 heavy (non-hydrogen) atoms. The maximum atomic E-state index is 11.8. The predicted molar refractivity (Wildman–Crippen MR) is 148 cm³/mol. The van der Waals surface area contributed by atoms with Crippen LogP contribution in [0, 0.1) is 6.92 Å². The highest BCUT2D eigenvalue weighted by molar-refractivity contribution is 7.92. The summed E-state index contributed by atoms with van der Waals surface area (Å²) < 4.78 is 33.7. The maximum absolute atomic E-state index is 11.8. The third kappa shape index (κ3) is 5.00. The normalized spacial score (nSPS) is 17.5. The number of hydrogen-bond acceptors (Lipinski definition) is 6. The number of rotatable bonds is 7. The number of nitrogens with one attached hydrogen (secondary N) is 2. The summed E-state index contributed by atoms with van der Waals surface area (Å²) in [6.07, 6.45) is 6.67. The molecule has 2 N–H and O–H groups in total. The lowest BCUT2D eigenvalue weighted by Gasteiger charge is -2.29. The third-order valence-corrected chi connectivity index (χ3v) is 6.99. The zero-order valence-corrected chi connectivity index (χ0v) is 22.1. The van der Waals surface area contributed by atoms with E-state index < -0.39 is 10.0 Å². The van der Waals surface area contributed by atoms with Crippen molar-refractivity contribution in [3.8, 4) is 11.6 Å². The standard InChI is InChI=1S/C26H26N6O3S2/c1-17-9-12-23(28-16-17)31-14-6-8-21(31)25-24(20-7-4-5-13-27-20)29-26(36)32(25)18-10-11-19(22(15-18)35-2)30-37(3,33)34/h4-16,24-25,30H,1-3H3,(H,29,36)/t24-,25-/m1/s1. The molecule has 1 aliphatic heterocycles. The van der Waals surface area contributed by atoms with Gasteiger partial charge in [0.05, 0.1) is 30.8 Å². The monoisotopic (exact) mass is 534 g/mol. The number of methoxy groups -OCH3 is 1. The van der Waals surface area contributed by atoms with Gasteiger partial charge in [0.1, 0.15) is 17.6 Å². The number of nitrogens with zero attached hydrogens (tertiary/aromatic N) is 4. The molecule has 0 spiro atoms. The average molecular weight is 535 g/mol. The Hall–Kier alpha value is -3.96. The number of aromatic nitrogens is 3. The van der Waals surface area contributed by atoms with Crippen LogP contribution in [0.1, 0.15) is 29.0 Å². The fraction of sp³-hybridized carbons (Fsp3) is 0.192. The van der Waals surface area contributed by atoms with E-state index >= 15 is 0 Å². The van der Waals surface area contributed by atoms with Crippen LogP contribution in [0.3, 0.4) is 0 Å². The topological polar surface area (TPSA) is 101 Å². The fourth-order valence-corrected chi connectivity index (χ4v) is 5.41. The molecule has 190 valence electrons. The number of thiocarbonyl (C=S) groups is 1. The van der Waals surface area contributed by atoms with Gasteiger partial charge in [0.15, 0.2) is 5.11 Å². The van der Waals surface area contributed by atoms with Crippen molar-refractivity contribution in [3.63, 3.8) is 0 Å². The molecule has 4 heterocycles. The van der Waals surface area contributed by atoms with Crippen molar-refractivity contribution in [3.05, 3.63) is 96.2 Å². The largest absolute Gasteiger partial charge is 0.494 e. The molecule has 4 aromatic rings. The molecule has 1 fully saturated rings. The van der Waals surface area contributed by atoms with Gasteiger partial charge in [0.25, 0.3) is 0 Å². The van der Waals surface area contributed by atoms with E-state index in [-0.39, 0.29) is 12.1 Å². The average Bonchev–Trinajstić information content (AvgIpc) is 3.49. The number of aryl methyl sites for hydroxylation is 1. The van der Waals surface area contributed by atoms with Crippen LogP contribution in [0.2, 0.25) is 0 Å². The second-order valence-corrected chi connectivity index (χ2v) is 10.9. The van der Waals surface area contributed by atoms with Crippen LogP contribution in [-0.2, 0) is 10.0 Å². The fourth-order valence-electron chi connectivity index (χ4n) is 4.49. The van der Waals surface area contributed by atoms with Gasteiger partial charge in [-0.05, 0) is 67.2 Å². The quantitative estimate of drug-likeness (QED) is 0.341. The Balaban J connectivity index is 1.64. The van der Waals surface area contributed by atoms with Crippen molar-refractivity contribution in [2.75, 3.05) is 23.0 Å². The number of anilines is 2. The number of sulfonamides is 1. The molecule has 0 saturated carbocycles. The van der Waals surface area contributed by atoms with Crippen molar-refractivity contribution in [1.82, 2.24) is 19.9 Å². The molecule has 3 aromatic heterocycles. The molecule has 5 rings (SSSR count). The highest BCUT2D eigenvalue weighted by Crippen LogP contribution is 2.43. The van der Waals surface area contributed by atoms with Crippen molar-refractivity contribution in [2.24, 2.45) is 0 Å². The van der Waals surface area contributed by atoms with Gasteiger partial charge in [0, 0.05) is 36.0 Å². The van der Waals surface area contributed by atoms with E-state index in [2.05, 4.69) is 20.0 Å². The number of pyridine rings is 2. The highest BCUT2D eigenvalue weighted by Gasteiger charge is 2.42. The smallest absolute Gasteiger partial charge is 0.229 e. The van der Waals surface area contributed by atoms with Gasteiger partial charge in [-0.1, -0.05) is 12.1 Å². The molecule has 1 aromatic carbocycles. The van der Waals surface area contributed by atoms with Gasteiger partial charge >= 0.3 is 0 Å². The van der Waals surface area contributed by atoms with Gasteiger partial charge in [-0.2, -0.15) is 0 Å². The van der Waals surface area contributed by atoms with E-state index in [0.29, 0.717) is 16.5 Å². The van der Waals surface area contributed by atoms with Crippen LogP contribution in [0.25, 0.3) is 5.82 Å². The Kier molecular flexibility index (Phi) is 6.57. The molecular weight excluding hydrogens is 508 g/mol. The van der Waals surface area contributed by atoms with Crippen LogP contribution >= 0.6 is 12.2 Å². The first-order valence-corrected chi connectivity index (χ1v) is 13.8. The first kappa shape index (κ1) is 24.7. The first-order chi connectivity index (χ1) is 17.7. The van der Waals surface area contributed by atoms with E-state index in [0.717, 1.165) is 34.7 Å². The Morgan fingerprint density at radius 2 is 1.92 bits per heavy atom. The van der Waals surface area contributed by atoms with Gasteiger partial charge in [-0.15, -0.1) is 0 Å². The van der Waals surface area contributed by atoms with Crippen LogP contribution in [-0.4, -0.2) is 41.4 Å². The van der Waals surface area contributed by atoms with E-state index in [1.54, 1.807) is 18.3 Å². The Morgan fingerprint density at radius 3 is 2.59 bits per heavy atom. The number of ether oxygens (including phenoxy) is 1. The molecule has 1 saturated heterocycles. The van der Waals surface area contributed by atoms with Crippen LogP contribution in [0.15, 0.2) is 79.3 Å². The molecule has 9 nitrogen and oxygen atoms in total. The summed E-state index contributed by atoms with van der Waals surface area (Å²) in [5.74, 6) is 1.16. The van der Waals surface area contributed by atoms with Gasteiger partial charge in [-0.3, -0.25) is 9.71 Å². The summed E-state index contributed by atoms with van der Waals surface area (Å²) in [5.41, 5.74) is 3.95. The molecule has 0 unspecified atom stereocenters. The summed E-state index contributed by atoms with van der Waals surface area (Å²) >= 11 is 5.84. The third-order valence-electron chi connectivity index (χ3n) is 6.08. The SMILES string of the molecule is COc1cc(N2C(=S)N[C@H](c3ccccn3)[C@H]2c2cccn2-c2ccc(C)cn2)ccc1NS(C)(=O)=O. The van der Waals surface area contributed by atoms with E-state index in [1.165, 1.54) is 7.11 Å². The van der Waals surface area contributed by atoms with Crippen molar-refractivity contribution >= 4 is 38.7 Å². The molecule has 0 aliphatic carbocycles. The lowest BCUT2D eigenvalue weighted by molar-refractivity contribution is 0.417. The van der Waals surface area contributed by atoms with E-state index in [9.17, 15) is 8.42 Å². The predicted octanol–water partition coefficient (Wildman–Crippen LogP) is 4.13. The zero-order chi connectivity index (χ0) is 26.2. The number of benzene rings is 1. The molecule has 0 radical (unpaired) electrons. The summed E-state index contributed by atoms with van der Waals surface area (Å²) in [6.45, 7) is 2.00. The lowest BCUT2D eigenvalue weighted by Crippen LogP contribution is -2.30. The van der Waals surface area contributed by atoms with Crippen LogP contribution < -0.4 is 19.7 Å². The first-order valence-electron chi connectivity index (χ1n) is 11.5. The summed E-state index contributed by atoms with van der Waals surface area (Å²) in [6, 6.07) is 18.5. The van der Waals surface area contributed by atoms with Gasteiger partial charge in [0.2, 0.25) is 10.0 Å². The maximum Gasteiger partial charge on any atom is 0.229 e. The van der Waals surface area contributed by atoms with Crippen molar-refractivity contribution in [2.45, 2.75) is 19.0 Å². The van der Waals surface area contributed by atoms with Crippen LogP contribution in [0.4, 0.5) is 11.4 Å². The van der Waals surface area contributed by atoms with Gasteiger partial charge in [-0.25, -0.2) is 13.4 Å². The lowest BCUT2D eigenvalue weighted by atomic mass is 10.0. The molecule has 0 bridgehead atoms. The molecule has 2 atom stereocenters. The summed E-state index contributed by atoms with van der Waals surface area (Å²) in [5, 5.41) is 3.95. The number of hydrogen-bond donors (Lipinski definition) is 2. The summed E-state index contributed by atoms with van der Waals surface area (Å²) in [7, 11) is -1.99. The minimum absolute atomic E-state index is 0.257. The minimum atomic E-state index is -3.48. The molecule has 11 heteroatoms. The van der Waals surface area contributed by atoms with Gasteiger partial charge < -0.3 is 19.5 Å². The summed E-state index contributed by atoms with van der Waals surface area (Å²) in [4.78, 5) is 11.2. The minimum Gasteiger partial charge on any atom is -0.494 e. The molecule has 1 aliphatic rings. The van der Waals surface area contributed by atoms with Crippen molar-refractivity contribution < 1.29 is 13.2 Å². The second kappa shape index (κ2) is 9.83. The second-order valence-electron chi connectivity index (χ2n) is 8.75. The van der Waals surface area contributed by atoms with Crippen LogP contribution in [0.5, 0.6) is 5.75 Å².